The highest BCUT2D eigenvalue weighted by molar-refractivity contribution is 5.17. The third-order valence-corrected chi connectivity index (χ3v) is 2.77. The molecule has 0 saturated heterocycles. The number of alkyl halides is 2. The molecular formula is C14H22F2N2O. The molecule has 0 saturated carbocycles. The predicted molar refractivity (Wildman–Crippen MR) is 71.4 cm³/mol. The number of pyridine rings is 1. The van der Waals surface area contributed by atoms with E-state index in [1.807, 2.05) is 25.3 Å². The average molecular weight is 272 g/mol. The van der Waals surface area contributed by atoms with Gasteiger partial charge in [0.1, 0.15) is 6.61 Å². The number of aryl methyl sites for hydroxylation is 1. The van der Waals surface area contributed by atoms with Gasteiger partial charge in [-0.05, 0) is 37.9 Å². The molecule has 0 bridgehead atoms. The fourth-order valence-electron chi connectivity index (χ4n) is 1.76. The minimum atomic E-state index is -2.40. The molecule has 3 nitrogen and oxygen atoms in total. The van der Waals surface area contributed by atoms with Crippen LogP contribution in [0.5, 0.6) is 0 Å². The summed E-state index contributed by atoms with van der Waals surface area (Å²) in [5.41, 5.74) is 2.03. The quantitative estimate of drug-likeness (QED) is 0.701. The van der Waals surface area contributed by atoms with Crippen molar-refractivity contribution in [1.82, 2.24) is 10.3 Å². The van der Waals surface area contributed by atoms with Gasteiger partial charge in [0, 0.05) is 24.5 Å². The Bertz CT molecular complexity index is 344. The fourth-order valence-corrected chi connectivity index (χ4v) is 1.76. The van der Waals surface area contributed by atoms with Crippen LogP contribution in [0.25, 0.3) is 0 Å². The first-order chi connectivity index (χ1) is 9.13. The number of halogens is 2. The van der Waals surface area contributed by atoms with E-state index >= 15 is 0 Å². The van der Waals surface area contributed by atoms with Gasteiger partial charge in [-0.15, -0.1) is 0 Å². The molecule has 1 aromatic rings. The predicted octanol–water partition coefficient (Wildman–Crippen LogP) is 3.10. The first-order valence-electron chi connectivity index (χ1n) is 6.65. The Morgan fingerprint density at radius 2 is 2.16 bits per heavy atom. The zero-order valence-electron chi connectivity index (χ0n) is 11.5. The molecule has 1 heterocycles. The van der Waals surface area contributed by atoms with Crippen LogP contribution in [0.1, 0.15) is 37.1 Å². The molecule has 0 aromatic carbocycles. The van der Waals surface area contributed by atoms with Gasteiger partial charge >= 0.3 is 0 Å². The molecule has 1 rings (SSSR count). The lowest BCUT2D eigenvalue weighted by molar-refractivity contribution is 0.0143. The Labute approximate surface area is 113 Å². The first-order valence-corrected chi connectivity index (χ1v) is 6.65. The van der Waals surface area contributed by atoms with Crippen LogP contribution in [-0.4, -0.2) is 31.2 Å². The Hall–Kier alpha value is -1.07. The molecule has 5 heteroatoms. The number of ether oxygens (including phenoxy) is 1. The zero-order valence-corrected chi connectivity index (χ0v) is 11.5. The Morgan fingerprint density at radius 3 is 2.74 bits per heavy atom. The highest BCUT2D eigenvalue weighted by atomic mass is 19.3. The van der Waals surface area contributed by atoms with E-state index in [1.165, 1.54) is 0 Å². The topological polar surface area (TPSA) is 34.1 Å². The maximum Gasteiger partial charge on any atom is 0.261 e. The second kappa shape index (κ2) is 8.93. The maximum absolute atomic E-state index is 12.0. The van der Waals surface area contributed by atoms with Crippen molar-refractivity contribution in [3.8, 4) is 0 Å². The van der Waals surface area contributed by atoms with Crippen LogP contribution in [-0.2, 0) is 4.74 Å². The second-order valence-electron chi connectivity index (χ2n) is 4.49. The van der Waals surface area contributed by atoms with E-state index in [1.54, 1.807) is 0 Å². The van der Waals surface area contributed by atoms with Crippen LogP contribution >= 0.6 is 0 Å². The molecule has 0 aliphatic rings. The second-order valence-corrected chi connectivity index (χ2v) is 4.49. The Balaban J connectivity index is 2.48. The summed E-state index contributed by atoms with van der Waals surface area (Å²) in [6.07, 6.45) is 1.11. The molecular weight excluding hydrogens is 250 g/mol. The molecule has 0 amide bonds. The Kier molecular flexibility index (Phi) is 7.52. The molecule has 0 aliphatic carbocycles. The van der Waals surface area contributed by atoms with Gasteiger partial charge in [-0.1, -0.05) is 13.0 Å². The van der Waals surface area contributed by atoms with Crippen LogP contribution in [0.15, 0.2) is 18.3 Å². The van der Waals surface area contributed by atoms with Gasteiger partial charge in [0.05, 0.1) is 0 Å². The molecule has 0 spiro atoms. The molecule has 0 fully saturated rings. The lowest BCUT2D eigenvalue weighted by Crippen LogP contribution is -2.24. The maximum atomic E-state index is 12.0. The smallest absolute Gasteiger partial charge is 0.261 e. The van der Waals surface area contributed by atoms with Gasteiger partial charge in [-0.3, -0.25) is 4.98 Å². The summed E-state index contributed by atoms with van der Waals surface area (Å²) in [4.78, 5) is 4.26. The molecule has 1 N–H and O–H groups in total. The van der Waals surface area contributed by atoms with Crippen molar-refractivity contribution in [2.75, 3.05) is 19.8 Å². The zero-order chi connectivity index (χ0) is 14.1. The third-order valence-electron chi connectivity index (χ3n) is 2.77. The van der Waals surface area contributed by atoms with Crippen molar-refractivity contribution in [2.24, 2.45) is 0 Å². The number of hydrogen-bond donors (Lipinski definition) is 1. The normalized spacial score (nSPS) is 12.9. The van der Waals surface area contributed by atoms with E-state index in [2.05, 4.69) is 17.2 Å². The molecule has 108 valence electrons. The fraction of sp³-hybridized carbons (Fsp3) is 0.643. The first kappa shape index (κ1) is 16.0. The minimum absolute atomic E-state index is 0.103. The standard InChI is InChI=1S/C14H22F2N2O/c1-3-7-17-13(6-8-19-10-14(15)16)12-5-4-11(2)18-9-12/h4-5,9,13-14,17H,3,6-8,10H2,1-2H3. The van der Waals surface area contributed by atoms with E-state index in [4.69, 9.17) is 4.74 Å². The minimum Gasteiger partial charge on any atom is -0.375 e. The molecule has 1 aromatic heterocycles. The molecule has 1 atom stereocenters. The van der Waals surface area contributed by atoms with E-state index in [-0.39, 0.29) is 6.04 Å². The third kappa shape index (κ3) is 6.59. The van der Waals surface area contributed by atoms with Crippen LogP contribution in [0.3, 0.4) is 0 Å². The summed E-state index contributed by atoms with van der Waals surface area (Å²) < 4.78 is 28.9. The number of nitrogens with one attached hydrogen (secondary N) is 1. The lowest BCUT2D eigenvalue weighted by Gasteiger charge is -2.18. The van der Waals surface area contributed by atoms with Gasteiger partial charge in [0.15, 0.2) is 0 Å². The number of aromatic nitrogens is 1. The van der Waals surface area contributed by atoms with Gasteiger partial charge < -0.3 is 10.1 Å². The SMILES string of the molecule is CCCNC(CCOCC(F)F)c1ccc(C)nc1. The van der Waals surface area contributed by atoms with Crippen molar-refractivity contribution in [2.45, 2.75) is 39.2 Å². The monoisotopic (exact) mass is 272 g/mol. The number of rotatable bonds is 9. The summed E-state index contributed by atoms with van der Waals surface area (Å²) in [7, 11) is 0. The van der Waals surface area contributed by atoms with E-state index < -0.39 is 13.0 Å². The summed E-state index contributed by atoms with van der Waals surface area (Å²) in [5.74, 6) is 0. The van der Waals surface area contributed by atoms with Crippen LogP contribution in [0.4, 0.5) is 8.78 Å². The molecule has 1 unspecified atom stereocenters. The van der Waals surface area contributed by atoms with E-state index in [0.29, 0.717) is 13.0 Å². The highest BCUT2D eigenvalue weighted by Crippen LogP contribution is 2.16. The average Bonchev–Trinajstić information content (AvgIpc) is 2.39. The lowest BCUT2D eigenvalue weighted by atomic mass is 10.1. The number of hydrogen-bond acceptors (Lipinski definition) is 3. The highest BCUT2D eigenvalue weighted by Gasteiger charge is 2.11. The van der Waals surface area contributed by atoms with Crippen molar-refractivity contribution < 1.29 is 13.5 Å². The van der Waals surface area contributed by atoms with Gasteiger partial charge in [0.25, 0.3) is 6.43 Å². The molecule has 0 aliphatic heterocycles. The van der Waals surface area contributed by atoms with E-state index in [0.717, 1.165) is 24.2 Å². The van der Waals surface area contributed by atoms with Crippen molar-refractivity contribution >= 4 is 0 Å². The van der Waals surface area contributed by atoms with E-state index in [9.17, 15) is 8.78 Å². The van der Waals surface area contributed by atoms with Crippen LogP contribution in [0.2, 0.25) is 0 Å². The van der Waals surface area contributed by atoms with Crippen LogP contribution < -0.4 is 5.32 Å². The number of nitrogens with zero attached hydrogens (tertiary/aromatic N) is 1. The van der Waals surface area contributed by atoms with Crippen molar-refractivity contribution in [3.63, 3.8) is 0 Å². The van der Waals surface area contributed by atoms with Gasteiger partial charge in [-0.25, -0.2) is 8.78 Å². The summed E-state index contributed by atoms with van der Waals surface area (Å²) >= 11 is 0. The van der Waals surface area contributed by atoms with Gasteiger partial charge in [0.2, 0.25) is 0 Å². The van der Waals surface area contributed by atoms with Crippen molar-refractivity contribution in [1.29, 1.82) is 0 Å². The van der Waals surface area contributed by atoms with Gasteiger partial charge in [-0.2, -0.15) is 0 Å². The summed E-state index contributed by atoms with van der Waals surface area (Å²) in [5, 5.41) is 3.39. The Morgan fingerprint density at radius 1 is 1.37 bits per heavy atom. The van der Waals surface area contributed by atoms with Crippen molar-refractivity contribution in [3.05, 3.63) is 29.6 Å². The summed E-state index contributed by atoms with van der Waals surface area (Å²) in [6, 6.07) is 4.07. The summed E-state index contributed by atoms with van der Waals surface area (Å²) in [6.45, 7) is 4.73. The van der Waals surface area contributed by atoms with Crippen LogP contribution in [0, 0.1) is 6.92 Å². The molecule has 0 radical (unpaired) electrons. The molecule has 19 heavy (non-hydrogen) atoms. The largest absolute Gasteiger partial charge is 0.375 e.